The van der Waals surface area contributed by atoms with Crippen LogP contribution >= 0.6 is 0 Å². The van der Waals surface area contributed by atoms with Crippen molar-refractivity contribution in [2.75, 3.05) is 6.54 Å². The van der Waals surface area contributed by atoms with Gasteiger partial charge in [0, 0.05) is 46.9 Å². The summed E-state index contributed by atoms with van der Waals surface area (Å²) in [4.78, 5) is 4.68. The largest absolute Gasteiger partial charge is 0.383 e. The number of hydrogen-bond donors (Lipinski definition) is 1. The summed E-state index contributed by atoms with van der Waals surface area (Å²) in [6.07, 6.45) is 6.06. The molecular weight excluding hydrogens is 296 g/mol. The first-order valence-corrected chi connectivity index (χ1v) is 7.84. The fourth-order valence-corrected chi connectivity index (χ4v) is 2.93. The van der Waals surface area contributed by atoms with Gasteiger partial charge in [-0.2, -0.15) is 5.26 Å². The van der Waals surface area contributed by atoms with Gasteiger partial charge in [0.05, 0.1) is 11.8 Å². The molecule has 0 spiro atoms. The lowest BCUT2D eigenvalue weighted by atomic mass is 10.00. The van der Waals surface area contributed by atoms with Crippen LogP contribution in [0.3, 0.4) is 0 Å². The van der Waals surface area contributed by atoms with Gasteiger partial charge in [0.1, 0.15) is 5.65 Å². The van der Waals surface area contributed by atoms with Gasteiger partial charge in [-0.15, -0.1) is 0 Å². The molecule has 1 N–H and O–H groups in total. The molecule has 2 aromatic heterocycles. The third-order valence-electron chi connectivity index (χ3n) is 4.24. The highest BCUT2D eigenvalue weighted by Gasteiger charge is 2.12. The van der Waals surface area contributed by atoms with Crippen LogP contribution in [-0.2, 0) is 0 Å². The molecular formula is C20H16N4. The second kappa shape index (κ2) is 5.71. The Bertz CT molecular complexity index is 1020. The van der Waals surface area contributed by atoms with Gasteiger partial charge in [0.25, 0.3) is 0 Å². The molecule has 4 rings (SSSR count). The third-order valence-corrected chi connectivity index (χ3v) is 4.24. The minimum Gasteiger partial charge on any atom is -0.383 e. The Morgan fingerprint density at radius 3 is 2.71 bits per heavy atom. The minimum absolute atomic E-state index is 0.595. The summed E-state index contributed by atoms with van der Waals surface area (Å²) in [7, 11) is 0. The summed E-state index contributed by atoms with van der Waals surface area (Å²) in [6, 6.07) is 16.4. The van der Waals surface area contributed by atoms with E-state index in [9.17, 15) is 0 Å². The van der Waals surface area contributed by atoms with E-state index in [4.69, 9.17) is 5.26 Å². The molecule has 1 aliphatic heterocycles. The Morgan fingerprint density at radius 2 is 1.92 bits per heavy atom. The molecule has 0 atom stereocenters. The molecule has 3 heterocycles. The van der Waals surface area contributed by atoms with E-state index in [1.165, 1.54) is 0 Å². The number of fused-ring (bicyclic) bond motifs is 1. The molecule has 4 heteroatoms. The van der Waals surface area contributed by atoms with Crippen LogP contribution in [0.25, 0.3) is 22.5 Å². The minimum atomic E-state index is 0.595. The molecule has 1 aromatic carbocycles. The van der Waals surface area contributed by atoms with E-state index in [0.717, 1.165) is 39.3 Å². The van der Waals surface area contributed by atoms with E-state index in [0.29, 0.717) is 6.54 Å². The van der Waals surface area contributed by atoms with Crippen LogP contribution < -0.4 is 5.32 Å². The maximum absolute atomic E-state index is 9.15. The van der Waals surface area contributed by atoms with Crippen LogP contribution in [0.1, 0.15) is 12.5 Å². The number of nitriles is 1. The topological polar surface area (TPSA) is 53.1 Å². The molecule has 0 saturated heterocycles. The summed E-state index contributed by atoms with van der Waals surface area (Å²) in [5.41, 5.74) is 6.90. The van der Waals surface area contributed by atoms with E-state index < -0.39 is 0 Å². The van der Waals surface area contributed by atoms with Crippen molar-refractivity contribution < 1.29 is 0 Å². The molecule has 0 unspecified atom stereocenters. The Labute approximate surface area is 140 Å². The lowest BCUT2D eigenvalue weighted by Crippen LogP contribution is -2.19. The molecule has 0 fully saturated rings. The molecule has 0 bridgehead atoms. The number of nitrogens with zero attached hydrogens (tertiary/aromatic N) is 3. The van der Waals surface area contributed by atoms with Gasteiger partial charge in [-0.25, -0.2) is 4.98 Å². The highest BCUT2D eigenvalue weighted by atomic mass is 15.0. The standard InChI is InChI=1S/C20H16N4/c1-14-18(9-15(10-21)11-22-14)17-7-8-20-23-19(13-24(20)12-17)16-5-3-2-4-6-16/h2-9,12-13,22H,11H2,1H3. The van der Waals surface area contributed by atoms with E-state index in [1.807, 2.05) is 47.9 Å². The molecule has 24 heavy (non-hydrogen) atoms. The Morgan fingerprint density at radius 1 is 1.08 bits per heavy atom. The Hall–Kier alpha value is -3.32. The van der Waals surface area contributed by atoms with Crippen molar-refractivity contribution in [1.29, 1.82) is 5.26 Å². The molecule has 0 saturated carbocycles. The van der Waals surface area contributed by atoms with E-state index in [-0.39, 0.29) is 0 Å². The maximum atomic E-state index is 9.15. The number of hydrogen-bond acceptors (Lipinski definition) is 3. The monoisotopic (exact) mass is 312 g/mol. The van der Waals surface area contributed by atoms with Crippen LogP contribution in [0.4, 0.5) is 0 Å². The van der Waals surface area contributed by atoms with Gasteiger partial charge < -0.3 is 9.72 Å². The van der Waals surface area contributed by atoms with Gasteiger partial charge in [-0.1, -0.05) is 30.3 Å². The van der Waals surface area contributed by atoms with Crippen molar-refractivity contribution >= 4 is 11.2 Å². The summed E-state index contributed by atoms with van der Waals surface area (Å²) in [5.74, 6) is 0. The lowest BCUT2D eigenvalue weighted by molar-refractivity contribution is 0.875. The number of benzene rings is 1. The zero-order valence-corrected chi connectivity index (χ0v) is 13.3. The summed E-state index contributed by atoms with van der Waals surface area (Å²) in [5, 5.41) is 12.4. The van der Waals surface area contributed by atoms with E-state index >= 15 is 0 Å². The van der Waals surface area contributed by atoms with Crippen LogP contribution in [0.15, 0.2) is 72.2 Å². The number of imidazole rings is 1. The first kappa shape index (κ1) is 14.3. The molecule has 1 aliphatic rings. The zero-order chi connectivity index (χ0) is 16.5. The van der Waals surface area contributed by atoms with Gasteiger partial charge in [0.15, 0.2) is 0 Å². The lowest BCUT2D eigenvalue weighted by Gasteiger charge is -2.17. The average Bonchev–Trinajstić information content (AvgIpc) is 3.06. The van der Waals surface area contributed by atoms with E-state index in [1.54, 1.807) is 0 Å². The van der Waals surface area contributed by atoms with Gasteiger partial charge in [-0.3, -0.25) is 0 Å². The summed E-state index contributed by atoms with van der Waals surface area (Å²) in [6.45, 7) is 2.63. The maximum Gasteiger partial charge on any atom is 0.137 e. The van der Waals surface area contributed by atoms with Crippen molar-refractivity contribution in [3.8, 4) is 17.3 Å². The molecule has 116 valence electrons. The first-order chi connectivity index (χ1) is 11.7. The normalized spacial score (nSPS) is 14.2. The molecule has 4 nitrogen and oxygen atoms in total. The number of allylic oxidation sites excluding steroid dienone is 3. The first-order valence-electron chi connectivity index (χ1n) is 7.84. The Balaban J connectivity index is 1.80. The van der Waals surface area contributed by atoms with Crippen molar-refractivity contribution in [3.63, 3.8) is 0 Å². The number of dihydropyridines is 1. The second-order valence-corrected chi connectivity index (χ2v) is 5.85. The third kappa shape index (κ3) is 2.46. The molecule has 0 aliphatic carbocycles. The highest BCUT2D eigenvalue weighted by Crippen LogP contribution is 2.25. The van der Waals surface area contributed by atoms with Gasteiger partial charge in [-0.05, 0) is 25.1 Å². The molecule has 0 amide bonds. The van der Waals surface area contributed by atoms with Crippen LogP contribution in [-0.4, -0.2) is 15.9 Å². The van der Waals surface area contributed by atoms with E-state index in [2.05, 4.69) is 40.8 Å². The number of pyridine rings is 1. The quantitative estimate of drug-likeness (QED) is 0.783. The van der Waals surface area contributed by atoms with Crippen molar-refractivity contribution in [2.24, 2.45) is 0 Å². The molecule has 0 radical (unpaired) electrons. The zero-order valence-electron chi connectivity index (χ0n) is 13.3. The van der Waals surface area contributed by atoms with Crippen molar-refractivity contribution in [2.45, 2.75) is 6.92 Å². The fourth-order valence-electron chi connectivity index (χ4n) is 2.93. The summed E-state index contributed by atoms with van der Waals surface area (Å²) >= 11 is 0. The second-order valence-electron chi connectivity index (χ2n) is 5.85. The SMILES string of the molecule is CC1=C(c2ccc3nc(-c4ccccc4)cn3c2)C=C(C#N)CN1. The summed E-state index contributed by atoms with van der Waals surface area (Å²) < 4.78 is 2.03. The molecule has 3 aromatic rings. The number of aromatic nitrogens is 2. The van der Waals surface area contributed by atoms with Gasteiger partial charge >= 0.3 is 0 Å². The highest BCUT2D eigenvalue weighted by molar-refractivity contribution is 5.79. The number of rotatable bonds is 2. The van der Waals surface area contributed by atoms with Gasteiger partial charge in [0.2, 0.25) is 0 Å². The fraction of sp³-hybridized carbons (Fsp3) is 0.100. The Kier molecular flexibility index (Phi) is 3.40. The smallest absolute Gasteiger partial charge is 0.137 e. The van der Waals surface area contributed by atoms with Crippen molar-refractivity contribution in [1.82, 2.24) is 14.7 Å². The number of nitrogens with one attached hydrogen (secondary N) is 1. The predicted molar refractivity (Wildman–Crippen MR) is 94.9 cm³/mol. The average molecular weight is 312 g/mol. The van der Waals surface area contributed by atoms with Crippen molar-refractivity contribution in [3.05, 3.63) is 77.8 Å². The van der Waals surface area contributed by atoms with Crippen LogP contribution in [0.2, 0.25) is 0 Å². The van der Waals surface area contributed by atoms with Crippen LogP contribution in [0, 0.1) is 11.3 Å². The predicted octanol–water partition coefficient (Wildman–Crippen LogP) is 3.79. The van der Waals surface area contributed by atoms with Crippen LogP contribution in [0.5, 0.6) is 0 Å².